The molecule has 2 N–H and O–H groups in total. The first-order valence-corrected chi connectivity index (χ1v) is 14.2. The molecule has 3 aromatic carbocycles. The second kappa shape index (κ2) is 11.5. The van der Waals surface area contributed by atoms with E-state index in [0.29, 0.717) is 0 Å². The number of carbonyl (C=O) groups excluding carboxylic acids is 1. The molecule has 3 aromatic rings. The van der Waals surface area contributed by atoms with Crippen LogP contribution in [-0.4, -0.2) is 42.4 Å². The van der Waals surface area contributed by atoms with Crippen LogP contribution in [0.3, 0.4) is 0 Å². The first-order valence-electron chi connectivity index (χ1n) is 10.9. The monoisotopic (exact) mass is 569 g/mol. The van der Waals surface area contributed by atoms with Crippen molar-refractivity contribution in [3.63, 3.8) is 0 Å². The first kappa shape index (κ1) is 28.4. The Hall–Kier alpha value is -3.19. The van der Waals surface area contributed by atoms with Gasteiger partial charge >= 0.3 is 0 Å². The molecule has 1 amide bonds. The van der Waals surface area contributed by atoms with Crippen molar-refractivity contribution < 1.29 is 30.8 Å². The van der Waals surface area contributed by atoms with Crippen LogP contribution in [0, 0.1) is 5.82 Å². The lowest BCUT2D eigenvalue weighted by Crippen LogP contribution is -2.38. The van der Waals surface area contributed by atoms with Crippen LogP contribution >= 0.6 is 11.6 Å². The molecule has 0 aliphatic heterocycles. The van der Waals surface area contributed by atoms with Crippen LogP contribution in [0.2, 0.25) is 5.02 Å². The summed E-state index contributed by atoms with van der Waals surface area (Å²) < 4.78 is 74.3. The number of nitrogens with zero attached hydrogens (tertiary/aromatic N) is 1. The number of hydrogen-bond donors (Lipinski definition) is 2. The van der Waals surface area contributed by atoms with Gasteiger partial charge in [-0.15, -0.1) is 0 Å². The van der Waals surface area contributed by atoms with Gasteiger partial charge in [0.2, 0.25) is 15.9 Å². The summed E-state index contributed by atoms with van der Waals surface area (Å²) in [6.45, 7) is 2.59. The molecule has 3 rings (SSSR count). The van der Waals surface area contributed by atoms with Crippen LogP contribution in [-0.2, 0) is 24.8 Å². The third-order valence-corrected chi connectivity index (χ3v) is 8.69. The zero-order chi connectivity index (χ0) is 27.4. The average molecular weight is 570 g/mol. The number of halogens is 2. The minimum atomic E-state index is -4.28. The fourth-order valence-electron chi connectivity index (χ4n) is 3.33. The van der Waals surface area contributed by atoms with E-state index >= 15 is 0 Å². The van der Waals surface area contributed by atoms with Gasteiger partial charge in [0.05, 0.1) is 33.3 Å². The highest BCUT2D eigenvalue weighted by molar-refractivity contribution is 7.92. The summed E-state index contributed by atoms with van der Waals surface area (Å²) in [7, 11) is -6.84. The quantitative estimate of drug-likeness (QED) is 0.380. The Bertz CT molecular complexity index is 1500. The van der Waals surface area contributed by atoms with Gasteiger partial charge in [-0.2, -0.15) is 0 Å². The number of ether oxygens (including phenoxy) is 1. The predicted octanol–water partition coefficient (Wildman–Crippen LogP) is 4.01. The third-order valence-electron chi connectivity index (χ3n) is 4.96. The Morgan fingerprint density at radius 2 is 1.68 bits per heavy atom. The lowest BCUT2D eigenvalue weighted by Gasteiger charge is -2.24. The van der Waals surface area contributed by atoms with E-state index in [9.17, 15) is 26.0 Å². The maximum atomic E-state index is 13.8. The number of anilines is 2. The zero-order valence-electron chi connectivity index (χ0n) is 20.1. The van der Waals surface area contributed by atoms with Crippen molar-refractivity contribution >= 4 is 48.9 Å². The molecule has 0 bridgehead atoms. The number of benzene rings is 3. The normalized spacial score (nSPS) is 11.8. The van der Waals surface area contributed by atoms with Crippen molar-refractivity contribution in [2.24, 2.45) is 0 Å². The van der Waals surface area contributed by atoms with Gasteiger partial charge in [-0.1, -0.05) is 29.8 Å². The van der Waals surface area contributed by atoms with E-state index in [-0.39, 0.29) is 38.0 Å². The van der Waals surface area contributed by atoms with Gasteiger partial charge < -0.3 is 10.1 Å². The molecule has 0 saturated heterocycles. The molecule has 198 valence electrons. The Morgan fingerprint density at radius 1 is 1.00 bits per heavy atom. The van der Waals surface area contributed by atoms with Gasteiger partial charge in [0.25, 0.3) is 10.0 Å². The molecule has 37 heavy (non-hydrogen) atoms. The van der Waals surface area contributed by atoms with Crippen LogP contribution < -0.4 is 19.1 Å². The number of nitrogens with one attached hydrogen (secondary N) is 2. The second-order valence-corrected chi connectivity index (χ2v) is 12.1. The Morgan fingerprint density at radius 3 is 2.27 bits per heavy atom. The van der Waals surface area contributed by atoms with Gasteiger partial charge in [-0.25, -0.2) is 25.9 Å². The second-order valence-electron chi connectivity index (χ2n) is 8.11. The van der Waals surface area contributed by atoms with Crippen LogP contribution in [0.5, 0.6) is 5.75 Å². The van der Waals surface area contributed by atoms with Crippen LogP contribution in [0.4, 0.5) is 15.8 Å². The zero-order valence-corrected chi connectivity index (χ0v) is 22.5. The van der Waals surface area contributed by atoms with Gasteiger partial charge in [-0.05, 0) is 62.4 Å². The fourth-order valence-corrected chi connectivity index (χ4v) is 6.21. The van der Waals surface area contributed by atoms with Gasteiger partial charge in [-0.3, -0.25) is 9.10 Å². The highest BCUT2D eigenvalue weighted by Gasteiger charge is 2.28. The van der Waals surface area contributed by atoms with Gasteiger partial charge in [0.15, 0.2) is 0 Å². The molecule has 9 nitrogen and oxygen atoms in total. The number of rotatable bonds is 10. The highest BCUT2D eigenvalue weighted by atomic mass is 35.5. The smallest absolute Gasteiger partial charge is 0.264 e. The first-order chi connectivity index (χ1) is 17.3. The average Bonchev–Trinajstić information content (AvgIpc) is 2.84. The lowest BCUT2D eigenvalue weighted by atomic mass is 10.3. The molecule has 0 fully saturated rings. The van der Waals surface area contributed by atoms with Crippen LogP contribution in [0.15, 0.2) is 76.5 Å². The number of amides is 1. The summed E-state index contributed by atoms with van der Waals surface area (Å²) in [5, 5.41) is 2.18. The fraction of sp³-hybridized carbons (Fsp3) is 0.208. The van der Waals surface area contributed by atoms with E-state index in [2.05, 4.69) is 10.0 Å². The molecule has 0 atom stereocenters. The van der Waals surface area contributed by atoms with Crippen molar-refractivity contribution in [2.45, 2.75) is 29.7 Å². The van der Waals surface area contributed by atoms with E-state index in [1.165, 1.54) is 55.6 Å². The molecule has 0 heterocycles. The van der Waals surface area contributed by atoms with E-state index in [1.54, 1.807) is 19.9 Å². The number of methoxy groups -OCH3 is 1. The molecule has 0 aliphatic rings. The van der Waals surface area contributed by atoms with Crippen molar-refractivity contribution in [1.29, 1.82) is 0 Å². The maximum absolute atomic E-state index is 13.8. The van der Waals surface area contributed by atoms with E-state index in [1.807, 2.05) is 0 Å². The van der Waals surface area contributed by atoms with Gasteiger partial charge in [0.1, 0.15) is 18.1 Å². The molecule has 0 aromatic heterocycles. The number of carbonyl (C=O) groups is 1. The topological polar surface area (TPSA) is 122 Å². The Labute approximate surface area is 220 Å². The lowest BCUT2D eigenvalue weighted by molar-refractivity contribution is -0.114. The number of hydrogen-bond acceptors (Lipinski definition) is 6. The van der Waals surface area contributed by atoms with E-state index in [0.717, 1.165) is 16.4 Å². The SMILES string of the molecule is COc1ccc(S(=O)(=O)NC(C)C)cc1NC(=O)CN(c1ccc(F)c(Cl)c1)S(=O)(=O)c1ccccc1. The molecule has 0 spiro atoms. The predicted molar refractivity (Wildman–Crippen MR) is 139 cm³/mol. The van der Waals surface area contributed by atoms with E-state index in [4.69, 9.17) is 16.3 Å². The summed E-state index contributed by atoms with van der Waals surface area (Å²) in [5.74, 6) is -1.42. The third kappa shape index (κ3) is 6.77. The van der Waals surface area contributed by atoms with Gasteiger partial charge in [0, 0.05) is 6.04 Å². The largest absolute Gasteiger partial charge is 0.495 e. The maximum Gasteiger partial charge on any atom is 0.264 e. The Balaban J connectivity index is 1.99. The summed E-state index contributed by atoms with van der Waals surface area (Å²) in [6, 6.07) is 14.1. The summed E-state index contributed by atoms with van der Waals surface area (Å²) in [6.07, 6.45) is 0. The molecular weight excluding hydrogens is 545 g/mol. The summed E-state index contributed by atoms with van der Waals surface area (Å²) in [5.41, 5.74) is -0.0387. The summed E-state index contributed by atoms with van der Waals surface area (Å²) >= 11 is 5.88. The molecule has 0 saturated carbocycles. The van der Waals surface area contributed by atoms with E-state index < -0.39 is 38.3 Å². The minimum Gasteiger partial charge on any atom is -0.495 e. The summed E-state index contributed by atoms with van der Waals surface area (Å²) in [4.78, 5) is 12.9. The van der Waals surface area contributed by atoms with Crippen LogP contribution in [0.25, 0.3) is 0 Å². The molecule has 13 heteroatoms. The van der Waals surface area contributed by atoms with Crippen molar-refractivity contribution in [3.8, 4) is 5.75 Å². The Kier molecular flexibility index (Phi) is 8.80. The van der Waals surface area contributed by atoms with Crippen molar-refractivity contribution in [2.75, 3.05) is 23.3 Å². The van der Waals surface area contributed by atoms with Crippen LogP contribution in [0.1, 0.15) is 13.8 Å². The minimum absolute atomic E-state index is 0.00771. The van der Waals surface area contributed by atoms with Crippen molar-refractivity contribution in [3.05, 3.63) is 77.6 Å². The molecular formula is C24H25ClFN3O6S2. The number of sulfonamides is 2. The highest BCUT2D eigenvalue weighted by Crippen LogP contribution is 2.30. The molecule has 0 aliphatic carbocycles. The van der Waals surface area contributed by atoms with Crippen molar-refractivity contribution in [1.82, 2.24) is 4.72 Å². The standard InChI is InChI=1S/C24H25ClFN3O6S2/c1-16(2)28-36(31,32)19-10-12-23(35-3)22(14-19)27-24(30)15-29(17-9-11-21(26)20(25)13-17)37(33,34)18-7-5-4-6-8-18/h4-14,16,28H,15H2,1-3H3,(H,27,30). The molecule has 0 unspecified atom stereocenters. The molecule has 0 radical (unpaired) electrons.